The Labute approximate surface area is 171 Å². The van der Waals surface area contributed by atoms with Gasteiger partial charge < -0.3 is 9.47 Å². The van der Waals surface area contributed by atoms with Crippen molar-refractivity contribution in [3.8, 4) is 11.5 Å². The van der Waals surface area contributed by atoms with Crippen molar-refractivity contribution in [3.05, 3.63) is 79.9 Å². The Kier molecular flexibility index (Phi) is 6.57. The van der Waals surface area contributed by atoms with Crippen molar-refractivity contribution < 1.29 is 9.47 Å². The van der Waals surface area contributed by atoms with Crippen molar-refractivity contribution in [3.63, 3.8) is 0 Å². The molecule has 0 aliphatic carbocycles. The number of benzene rings is 2. The molecule has 0 atom stereocenters. The fourth-order valence-electron chi connectivity index (χ4n) is 2.31. The molecule has 0 saturated heterocycles. The van der Waals surface area contributed by atoms with Crippen LogP contribution in [0, 0.1) is 4.77 Å². The first-order valence-corrected chi connectivity index (χ1v) is 9.20. The number of aromatic amines is 1. The molecule has 0 aliphatic rings. The molecule has 9 heteroatoms. The molecule has 1 N–H and O–H groups in total. The van der Waals surface area contributed by atoms with E-state index < -0.39 is 5.56 Å². The molecule has 3 aromatic rings. The number of halogens is 1. The van der Waals surface area contributed by atoms with Crippen molar-refractivity contribution in [1.82, 2.24) is 14.9 Å². The van der Waals surface area contributed by atoms with Gasteiger partial charge in [0.2, 0.25) is 4.77 Å². The molecule has 0 aliphatic heterocycles. The van der Waals surface area contributed by atoms with Crippen molar-refractivity contribution in [2.75, 3.05) is 6.61 Å². The molecule has 0 bridgehead atoms. The van der Waals surface area contributed by atoms with Gasteiger partial charge in [0.15, 0.2) is 11.5 Å². The molecule has 3 rings (SSSR count). The van der Waals surface area contributed by atoms with E-state index in [1.54, 1.807) is 12.1 Å². The van der Waals surface area contributed by atoms with Crippen LogP contribution in [-0.4, -0.2) is 27.7 Å². The first kappa shape index (κ1) is 19.8. The molecule has 1 heterocycles. The summed E-state index contributed by atoms with van der Waals surface area (Å²) >= 11 is 10.9. The number of rotatable bonds is 7. The van der Waals surface area contributed by atoms with Gasteiger partial charge in [0.25, 0.3) is 5.56 Å². The Bertz CT molecular complexity index is 1070. The molecule has 7 nitrogen and oxygen atoms in total. The van der Waals surface area contributed by atoms with E-state index in [1.165, 1.54) is 6.21 Å². The first-order chi connectivity index (χ1) is 13.6. The maximum absolute atomic E-state index is 11.8. The number of aromatic nitrogens is 3. The van der Waals surface area contributed by atoms with Gasteiger partial charge in [0, 0.05) is 5.02 Å². The van der Waals surface area contributed by atoms with Crippen molar-refractivity contribution in [2.45, 2.75) is 13.5 Å². The second-order valence-corrected chi connectivity index (χ2v) is 6.45. The van der Waals surface area contributed by atoms with Crippen LogP contribution < -0.4 is 15.0 Å². The highest BCUT2D eigenvalue weighted by Gasteiger charge is 2.07. The van der Waals surface area contributed by atoms with Crippen LogP contribution in [0.15, 0.2) is 58.6 Å². The van der Waals surface area contributed by atoms with Gasteiger partial charge in [-0.05, 0) is 60.6 Å². The second kappa shape index (κ2) is 9.29. The maximum Gasteiger partial charge on any atom is 0.293 e. The third kappa shape index (κ3) is 5.05. The summed E-state index contributed by atoms with van der Waals surface area (Å²) in [6, 6.07) is 12.8. The van der Waals surface area contributed by atoms with Gasteiger partial charge in [-0.2, -0.15) is 14.9 Å². The van der Waals surface area contributed by atoms with Gasteiger partial charge in [0.05, 0.1) is 12.8 Å². The average molecular weight is 417 g/mol. The van der Waals surface area contributed by atoms with E-state index in [-0.39, 0.29) is 4.77 Å². The summed E-state index contributed by atoms with van der Waals surface area (Å²) < 4.78 is 12.7. The summed E-state index contributed by atoms with van der Waals surface area (Å²) in [6.07, 6.45) is 2.61. The van der Waals surface area contributed by atoms with E-state index in [2.05, 4.69) is 15.3 Å². The predicted molar refractivity (Wildman–Crippen MR) is 110 cm³/mol. The number of nitrogens with one attached hydrogen (secondary N) is 1. The zero-order valence-electron chi connectivity index (χ0n) is 15.0. The van der Waals surface area contributed by atoms with Crippen LogP contribution in [0.5, 0.6) is 11.5 Å². The largest absolute Gasteiger partial charge is 0.490 e. The van der Waals surface area contributed by atoms with Gasteiger partial charge in [-0.1, -0.05) is 23.7 Å². The lowest BCUT2D eigenvalue weighted by Crippen LogP contribution is -2.18. The molecule has 0 fully saturated rings. The minimum atomic E-state index is -0.423. The summed E-state index contributed by atoms with van der Waals surface area (Å²) in [7, 11) is 0. The fourth-order valence-corrected chi connectivity index (χ4v) is 2.63. The highest BCUT2D eigenvalue weighted by atomic mass is 35.5. The Balaban J connectivity index is 1.80. The number of hydrogen-bond donors (Lipinski definition) is 1. The van der Waals surface area contributed by atoms with Crippen molar-refractivity contribution in [2.24, 2.45) is 5.10 Å². The molecule has 0 amide bonds. The molecular weight excluding hydrogens is 400 g/mol. The van der Waals surface area contributed by atoms with Crippen molar-refractivity contribution in [1.29, 1.82) is 0 Å². The van der Waals surface area contributed by atoms with Gasteiger partial charge in [-0.3, -0.25) is 9.89 Å². The van der Waals surface area contributed by atoms with E-state index in [0.29, 0.717) is 29.7 Å². The Morgan fingerprint density at radius 3 is 2.71 bits per heavy atom. The summed E-state index contributed by atoms with van der Waals surface area (Å²) in [5, 5.41) is 10.9. The van der Waals surface area contributed by atoms with Crippen LogP contribution in [0.2, 0.25) is 5.02 Å². The van der Waals surface area contributed by atoms with Crippen LogP contribution in [0.4, 0.5) is 0 Å². The zero-order valence-corrected chi connectivity index (χ0v) is 16.5. The molecule has 28 heavy (non-hydrogen) atoms. The lowest BCUT2D eigenvalue weighted by Gasteiger charge is -2.12. The lowest BCUT2D eigenvalue weighted by molar-refractivity contribution is 0.269. The number of ether oxygens (including phenoxy) is 2. The Hall–Kier alpha value is -2.97. The monoisotopic (exact) mass is 416 g/mol. The highest BCUT2D eigenvalue weighted by Crippen LogP contribution is 2.29. The number of nitrogens with zero attached hydrogens (tertiary/aromatic N) is 3. The van der Waals surface area contributed by atoms with E-state index in [0.717, 1.165) is 22.0 Å². The molecule has 2 aromatic carbocycles. The topological polar surface area (TPSA) is 81.5 Å². The molecular formula is C19H17ClN4O3S. The molecule has 0 unspecified atom stereocenters. The van der Waals surface area contributed by atoms with Crippen LogP contribution in [0.3, 0.4) is 0 Å². The Morgan fingerprint density at radius 2 is 2.00 bits per heavy atom. The van der Waals surface area contributed by atoms with Crippen LogP contribution in [-0.2, 0) is 6.61 Å². The molecule has 0 spiro atoms. The summed E-state index contributed by atoms with van der Waals surface area (Å²) in [5.74, 6) is 1.18. The average Bonchev–Trinajstić information content (AvgIpc) is 2.68. The van der Waals surface area contributed by atoms with E-state index >= 15 is 0 Å². The Morgan fingerprint density at radius 1 is 1.21 bits per heavy atom. The van der Waals surface area contributed by atoms with Crippen molar-refractivity contribution >= 4 is 30.0 Å². The van der Waals surface area contributed by atoms with Gasteiger partial charge in [-0.15, -0.1) is 0 Å². The van der Waals surface area contributed by atoms with Crippen LogP contribution in [0.1, 0.15) is 18.1 Å². The summed E-state index contributed by atoms with van der Waals surface area (Å²) in [4.78, 5) is 11.8. The van der Waals surface area contributed by atoms with E-state index in [9.17, 15) is 4.79 Å². The zero-order chi connectivity index (χ0) is 19.9. The molecule has 0 radical (unpaired) electrons. The SMILES string of the molecule is CCOc1cc(/C=N/n2c(=O)cn[nH]c2=S)ccc1OCc1ccc(Cl)cc1. The minimum Gasteiger partial charge on any atom is -0.490 e. The van der Waals surface area contributed by atoms with Crippen LogP contribution >= 0.6 is 23.8 Å². The molecule has 144 valence electrons. The number of H-pyrrole nitrogens is 1. The lowest BCUT2D eigenvalue weighted by atomic mass is 10.2. The van der Waals surface area contributed by atoms with Gasteiger partial charge in [-0.25, -0.2) is 0 Å². The number of hydrogen-bond acceptors (Lipinski definition) is 6. The quantitative estimate of drug-likeness (QED) is 0.467. The predicted octanol–water partition coefficient (Wildman–Crippen LogP) is 3.81. The highest BCUT2D eigenvalue weighted by molar-refractivity contribution is 7.71. The summed E-state index contributed by atoms with van der Waals surface area (Å²) in [6.45, 7) is 2.75. The third-order valence-corrected chi connectivity index (χ3v) is 4.15. The first-order valence-electron chi connectivity index (χ1n) is 8.42. The summed E-state index contributed by atoms with van der Waals surface area (Å²) in [5.41, 5.74) is 1.29. The molecule has 0 saturated carbocycles. The normalized spacial score (nSPS) is 10.9. The minimum absolute atomic E-state index is 0.108. The molecule has 1 aromatic heterocycles. The van der Waals surface area contributed by atoms with E-state index in [4.69, 9.17) is 33.3 Å². The van der Waals surface area contributed by atoms with Gasteiger partial charge in [0.1, 0.15) is 12.8 Å². The third-order valence-electron chi connectivity index (χ3n) is 3.63. The maximum atomic E-state index is 11.8. The van der Waals surface area contributed by atoms with Crippen LogP contribution in [0.25, 0.3) is 0 Å². The fraction of sp³-hybridized carbons (Fsp3) is 0.158. The second-order valence-electron chi connectivity index (χ2n) is 5.62. The smallest absolute Gasteiger partial charge is 0.293 e. The van der Waals surface area contributed by atoms with E-state index in [1.807, 2.05) is 37.3 Å². The van der Waals surface area contributed by atoms with Gasteiger partial charge >= 0.3 is 0 Å². The standard InChI is InChI=1S/C19H17ClN4O3S/c1-2-26-17-9-14(10-22-24-18(25)11-21-23-19(24)28)5-8-16(17)27-12-13-3-6-15(20)7-4-13/h3-11H,2,12H2,1H3,(H,23,28)/b22-10+.